The number of nitrogens with two attached hydrogens (primary N) is 1. The van der Waals surface area contributed by atoms with Gasteiger partial charge in [-0.1, -0.05) is 22.0 Å². The molecule has 2 atom stereocenters. The van der Waals surface area contributed by atoms with Crippen LogP contribution in [0.25, 0.3) is 0 Å². The van der Waals surface area contributed by atoms with Gasteiger partial charge in [0.1, 0.15) is 5.83 Å². The zero-order chi connectivity index (χ0) is 8.65. The van der Waals surface area contributed by atoms with Gasteiger partial charge < -0.3 is 5.73 Å². The Morgan fingerprint density at radius 1 is 2.11 bits per heavy atom. The van der Waals surface area contributed by atoms with Crippen LogP contribution in [-0.2, 0) is 0 Å². The van der Waals surface area contributed by atoms with Gasteiger partial charge in [0.05, 0.1) is 1.37 Å². The Morgan fingerprint density at radius 3 is 3.33 bits per heavy atom. The molecule has 0 aromatic rings. The third-order valence-corrected chi connectivity index (χ3v) is 1.34. The van der Waals surface area contributed by atoms with Gasteiger partial charge in [0.25, 0.3) is 0 Å². The number of allylic oxidation sites excluding steroid dienone is 2. The Bertz CT molecular complexity index is 237. The first-order valence-electron chi connectivity index (χ1n) is 3.48. The number of rotatable bonds is 0. The van der Waals surface area contributed by atoms with Crippen LogP contribution in [0.4, 0.5) is 4.39 Å². The van der Waals surface area contributed by atoms with Crippen molar-refractivity contribution in [2.75, 3.05) is 0 Å². The summed E-state index contributed by atoms with van der Waals surface area (Å²) in [5.74, 6) is -0.683. The van der Waals surface area contributed by atoms with Gasteiger partial charge in [0.2, 0.25) is 0 Å². The summed E-state index contributed by atoms with van der Waals surface area (Å²) in [6.07, 6.45) is 1.13. The lowest BCUT2D eigenvalue weighted by atomic mass is 10.1. The van der Waals surface area contributed by atoms with E-state index in [2.05, 4.69) is 15.9 Å². The lowest BCUT2D eigenvalue weighted by Crippen LogP contribution is -2.18. The average molecular weight is 194 g/mol. The molecule has 50 valence electrons. The maximum Gasteiger partial charge on any atom is 0.103 e. The Kier molecular flexibility index (Phi) is 1.35. The van der Waals surface area contributed by atoms with Crippen molar-refractivity contribution >= 4 is 15.9 Å². The third kappa shape index (κ3) is 1.91. The molecule has 0 radical (unpaired) electrons. The van der Waals surface area contributed by atoms with Gasteiger partial charge in [-0.25, -0.2) is 4.39 Å². The molecule has 0 amide bonds. The van der Waals surface area contributed by atoms with Crippen molar-refractivity contribution in [3.63, 3.8) is 0 Å². The van der Waals surface area contributed by atoms with E-state index < -0.39 is 18.2 Å². The minimum absolute atomic E-state index is 0.413. The molecular formula is C6H7BrFN. The van der Waals surface area contributed by atoms with E-state index in [-0.39, 0.29) is 0 Å². The molecule has 0 heterocycles. The Labute approximate surface area is 64.4 Å². The highest BCUT2D eigenvalue weighted by atomic mass is 79.9. The summed E-state index contributed by atoms with van der Waals surface area (Å²) in [5.41, 5.74) is 5.29. The quantitative estimate of drug-likeness (QED) is 0.625. The summed E-state index contributed by atoms with van der Waals surface area (Å²) in [4.78, 5) is 0. The van der Waals surface area contributed by atoms with E-state index in [0.29, 0.717) is 4.48 Å². The zero-order valence-electron chi connectivity index (χ0n) is 6.57. The molecule has 9 heavy (non-hydrogen) atoms. The van der Waals surface area contributed by atoms with Crippen LogP contribution in [-0.4, -0.2) is 6.02 Å². The van der Waals surface area contributed by atoms with Gasteiger partial charge in [0.15, 0.2) is 0 Å². The van der Waals surface area contributed by atoms with Crippen molar-refractivity contribution in [3.8, 4) is 0 Å². The summed E-state index contributed by atoms with van der Waals surface area (Å²) in [6, 6.07) is -1.66. The predicted molar refractivity (Wildman–Crippen MR) is 38.8 cm³/mol. The van der Waals surface area contributed by atoms with E-state index in [9.17, 15) is 4.39 Å². The van der Waals surface area contributed by atoms with Crippen LogP contribution in [0.5, 0.6) is 0 Å². The first kappa shape index (κ1) is 4.63. The fourth-order valence-electron chi connectivity index (χ4n) is 0.575. The molecule has 2 unspecified atom stereocenters. The summed E-state index contributed by atoms with van der Waals surface area (Å²) in [6.45, 7) is 0. The van der Waals surface area contributed by atoms with Crippen LogP contribution in [0.2, 0.25) is 0 Å². The minimum Gasteiger partial charge on any atom is -0.324 e. The van der Waals surface area contributed by atoms with Gasteiger partial charge in [-0.05, 0) is 6.08 Å². The fraction of sp³-hybridized carbons (Fsp3) is 0.333. The number of hydrogen-bond donors (Lipinski definition) is 1. The van der Waals surface area contributed by atoms with Crippen LogP contribution in [0.15, 0.2) is 22.5 Å². The Balaban J connectivity index is 3.01. The fourth-order valence-corrected chi connectivity index (χ4v) is 1.06. The van der Waals surface area contributed by atoms with Gasteiger partial charge in [0, 0.05) is 18.3 Å². The molecule has 0 aromatic carbocycles. The first-order valence-corrected chi connectivity index (χ1v) is 3.19. The minimum atomic E-state index is -1.66. The maximum absolute atomic E-state index is 12.7. The highest BCUT2D eigenvalue weighted by molar-refractivity contribution is 9.11. The molecule has 0 spiro atoms. The molecule has 0 aromatic heterocycles. The van der Waals surface area contributed by atoms with Crippen molar-refractivity contribution in [2.24, 2.45) is 5.73 Å². The number of hydrogen-bond acceptors (Lipinski definition) is 1. The van der Waals surface area contributed by atoms with Gasteiger partial charge in [-0.3, -0.25) is 0 Å². The molecule has 1 aliphatic rings. The second-order valence-corrected chi connectivity index (χ2v) is 2.62. The Morgan fingerprint density at radius 2 is 2.78 bits per heavy atom. The lowest BCUT2D eigenvalue weighted by Gasteiger charge is -2.09. The standard InChI is InChI=1S/C6H7BrFN/c7-4-1-5(8)3-6(9)2-4/h1-2,6H,3,9H2/i3D,6D. The van der Waals surface area contributed by atoms with E-state index in [1.165, 1.54) is 6.08 Å². The smallest absolute Gasteiger partial charge is 0.103 e. The molecule has 0 saturated carbocycles. The van der Waals surface area contributed by atoms with Crippen LogP contribution in [0.1, 0.15) is 9.14 Å². The SMILES string of the molecule is [2H]C1C(F)=CC(Br)=CC1([2H])N. The molecule has 0 saturated heterocycles. The summed E-state index contributed by atoms with van der Waals surface area (Å²) in [7, 11) is 0. The summed E-state index contributed by atoms with van der Waals surface area (Å²) >= 11 is 2.99. The highest BCUT2D eigenvalue weighted by Gasteiger charge is 2.08. The lowest BCUT2D eigenvalue weighted by molar-refractivity contribution is 0.562. The largest absolute Gasteiger partial charge is 0.324 e. The van der Waals surface area contributed by atoms with Crippen molar-refractivity contribution in [2.45, 2.75) is 12.4 Å². The van der Waals surface area contributed by atoms with E-state index in [4.69, 9.17) is 8.48 Å². The third-order valence-electron chi connectivity index (χ3n) is 0.885. The predicted octanol–water partition coefficient (Wildman–Crippen LogP) is 1.85. The average Bonchev–Trinajstić information content (AvgIpc) is 1.81. The van der Waals surface area contributed by atoms with Crippen LogP contribution in [0, 0.1) is 0 Å². The van der Waals surface area contributed by atoms with E-state index >= 15 is 0 Å². The van der Waals surface area contributed by atoms with E-state index in [1.54, 1.807) is 0 Å². The van der Waals surface area contributed by atoms with Gasteiger partial charge in [-0.15, -0.1) is 0 Å². The molecule has 2 N–H and O–H groups in total. The van der Waals surface area contributed by atoms with Crippen LogP contribution >= 0.6 is 15.9 Å². The van der Waals surface area contributed by atoms with Crippen LogP contribution < -0.4 is 5.73 Å². The Hall–Kier alpha value is -0.150. The molecule has 3 heteroatoms. The van der Waals surface area contributed by atoms with Crippen molar-refractivity contribution in [1.29, 1.82) is 0 Å². The normalized spacial score (nSPS) is 46.8. The van der Waals surface area contributed by atoms with E-state index in [0.717, 1.165) is 6.08 Å². The second kappa shape index (κ2) is 2.62. The number of halogens is 2. The molecule has 0 fully saturated rings. The summed E-state index contributed by atoms with van der Waals surface area (Å²) in [5, 5.41) is 0. The van der Waals surface area contributed by atoms with Crippen molar-refractivity contribution < 1.29 is 7.13 Å². The highest BCUT2D eigenvalue weighted by Crippen LogP contribution is 2.20. The molecule has 0 bridgehead atoms. The molecule has 1 nitrogen and oxygen atoms in total. The molecule has 0 aliphatic heterocycles. The molecular weight excluding hydrogens is 185 g/mol. The van der Waals surface area contributed by atoms with Gasteiger partial charge >= 0.3 is 0 Å². The second-order valence-electron chi connectivity index (χ2n) is 1.70. The monoisotopic (exact) mass is 193 g/mol. The van der Waals surface area contributed by atoms with Crippen molar-refractivity contribution in [1.82, 2.24) is 0 Å². The zero-order valence-corrected chi connectivity index (χ0v) is 6.15. The first-order chi connectivity index (χ1) is 4.93. The topological polar surface area (TPSA) is 26.0 Å². The summed E-state index contributed by atoms with van der Waals surface area (Å²) < 4.78 is 27.6. The van der Waals surface area contributed by atoms with Crippen molar-refractivity contribution in [3.05, 3.63) is 22.5 Å². The molecule has 1 aliphatic carbocycles. The van der Waals surface area contributed by atoms with Crippen LogP contribution in [0.3, 0.4) is 0 Å². The maximum atomic E-state index is 12.7. The van der Waals surface area contributed by atoms with E-state index in [1.807, 2.05) is 0 Å². The van der Waals surface area contributed by atoms with Gasteiger partial charge in [-0.2, -0.15) is 0 Å². The molecule has 1 rings (SSSR count).